The number of benzene rings is 1. The van der Waals surface area contributed by atoms with E-state index in [4.69, 9.17) is 4.98 Å². The number of amides is 1. The van der Waals surface area contributed by atoms with Crippen molar-refractivity contribution in [2.24, 2.45) is 0 Å². The molecule has 2 heterocycles. The van der Waals surface area contributed by atoms with Crippen LogP contribution in [-0.2, 0) is 11.2 Å². The number of aromatic nitrogens is 3. The summed E-state index contributed by atoms with van der Waals surface area (Å²) in [6.07, 6.45) is 4.87. The summed E-state index contributed by atoms with van der Waals surface area (Å²) in [5.41, 5.74) is 5.58. The molecule has 0 bridgehead atoms. The lowest BCUT2D eigenvalue weighted by Crippen LogP contribution is -2.34. The van der Waals surface area contributed by atoms with E-state index in [-0.39, 0.29) is 12.3 Å². The molecule has 5 heteroatoms. The molecule has 1 fully saturated rings. The minimum atomic E-state index is 0.0513. The van der Waals surface area contributed by atoms with Gasteiger partial charge in [-0.2, -0.15) is 5.10 Å². The van der Waals surface area contributed by atoms with Crippen molar-refractivity contribution in [3.8, 4) is 11.3 Å². The molecule has 4 rings (SSSR count). The maximum atomic E-state index is 12.7. The average molecular weight is 348 g/mol. The zero-order valence-electron chi connectivity index (χ0n) is 15.3. The number of rotatable bonds is 4. The van der Waals surface area contributed by atoms with E-state index in [1.807, 2.05) is 23.6 Å². The van der Waals surface area contributed by atoms with Crippen molar-refractivity contribution < 1.29 is 4.79 Å². The third-order valence-corrected chi connectivity index (χ3v) is 5.08. The molecule has 5 nitrogen and oxygen atoms in total. The van der Waals surface area contributed by atoms with E-state index in [1.165, 1.54) is 18.4 Å². The van der Waals surface area contributed by atoms with Gasteiger partial charge in [-0.25, -0.2) is 9.50 Å². The predicted molar refractivity (Wildman–Crippen MR) is 102 cm³/mol. The van der Waals surface area contributed by atoms with Crippen LogP contribution in [0.25, 0.3) is 16.9 Å². The van der Waals surface area contributed by atoms with Gasteiger partial charge >= 0.3 is 0 Å². The second kappa shape index (κ2) is 6.90. The Kier molecular flexibility index (Phi) is 4.45. The normalized spacial score (nSPS) is 14.8. The molecule has 2 aromatic heterocycles. The predicted octanol–water partition coefficient (Wildman–Crippen LogP) is 3.61. The Balaban J connectivity index is 1.72. The summed E-state index contributed by atoms with van der Waals surface area (Å²) in [4.78, 5) is 17.4. The van der Waals surface area contributed by atoms with Crippen LogP contribution in [0.1, 0.15) is 42.6 Å². The molecule has 0 atom stereocenters. The van der Waals surface area contributed by atoms with Crippen molar-refractivity contribution >= 4 is 11.6 Å². The highest BCUT2D eigenvalue weighted by Gasteiger charge is 2.21. The van der Waals surface area contributed by atoms with Crippen LogP contribution in [0.15, 0.2) is 36.4 Å². The number of carbonyl (C=O) groups excluding carboxylic acids is 1. The Morgan fingerprint density at radius 2 is 1.85 bits per heavy atom. The topological polar surface area (TPSA) is 59.3 Å². The molecule has 0 aliphatic heterocycles. The standard InChI is InChI=1S/C21H24N4O/c1-14-7-10-16(11-8-14)21-18(13-20(26)22-17-5-3-4-6-17)25-19(23-21)12-9-15(2)24-25/h7-12,17H,3-6,13H2,1-2H3,(H,22,26). The van der Waals surface area contributed by atoms with Gasteiger partial charge in [-0.05, 0) is 38.8 Å². The maximum absolute atomic E-state index is 12.7. The van der Waals surface area contributed by atoms with E-state index in [1.54, 1.807) is 0 Å². The molecule has 1 amide bonds. The molecule has 0 saturated heterocycles. The molecule has 0 radical (unpaired) electrons. The molecule has 134 valence electrons. The molecule has 3 aromatic rings. The first-order valence-corrected chi connectivity index (χ1v) is 9.32. The quantitative estimate of drug-likeness (QED) is 0.783. The monoisotopic (exact) mass is 348 g/mol. The molecular weight excluding hydrogens is 324 g/mol. The van der Waals surface area contributed by atoms with Crippen molar-refractivity contribution in [3.05, 3.63) is 53.3 Å². The van der Waals surface area contributed by atoms with Gasteiger partial charge in [0.1, 0.15) is 0 Å². The Labute approximate surface area is 153 Å². The highest BCUT2D eigenvalue weighted by Crippen LogP contribution is 2.25. The fourth-order valence-corrected chi connectivity index (χ4v) is 3.67. The number of imidazole rings is 1. The van der Waals surface area contributed by atoms with Crippen molar-refractivity contribution in [1.29, 1.82) is 0 Å². The van der Waals surface area contributed by atoms with Crippen molar-refractivity contribution in [3.63, 3.8) is 0 Å². The van der Waals surface area contributed by atoms with E-state index in [2.05, 4.69) is 41.6 Å². The van der Waals surface area contributed by atoms with E-state index in [0.717, 1.165) is 41.1 Å². The maximum Gasteiger partial charge on any atom is 0.226 e. The van der Waals surface area contributed by atoms with E-state index in [0.29, 0.717) is 6.04 Å². The summed E-state index contributed by atoms with van der Waals surface area (Å²) < 4.78 is 1.82. The van der Waals surface area contributed by atoms with Gasteiger partial charge in [0.2, 0.25) is 5.91 Å². The van der Waals surface area contributed by atoms with Crippen LogP contribution in [0.4, 0.5) is 0 Å². The highest BCUT2D eigenvalue weighted by molar-refractivity contribution is 5.81. The lowest BCUT2D eigenvalue weighted by atomic mass is 10.1. The number of aryl methyl sites for hydroxylation is 2. The zero-order chi connectivity index (χ0) is 18.1. The fraction of sp³-hybridized carbons (Fsp3) is 0.381. The first-order chi connectivity index (χ1) is 12.6. The third-order valence-electron chi connectivity index (χ3n) is 5.08. The minimum absolute atomic E-state index is 0.0513. The van der Waals surface area contributed by atoms with Gasteiger partial charge in [-0.15, -0.1) is 0 Å². The Bertz CT molecular complexity index is 937. The highest BCUT2D eigenvalue weighted by atomic mass is 16.1. The summed E-state index contributed by atoms with van der Waals surface area (Å²) >= 11 is 0. The SMILES string of the molecule is Cc1ccc(-c2nc3ccc(C)nn3c2CC(=O)NC2CCCC2)cc1. The van der Waals surface area contributed by atoms with Gasteiger partial charge in [-0.1, -0.05) is 42.7 Å². The lowest BCUT2D eigenvalue weighted by Gasteiger charge is -2.12. The second-order valence-electron chi connectivity index (χ2n) is 7.24. The van der Waals surface area contributed by atoms with Crippen LogP contribution in [0.3, 0.4) is 0 Å². The van der Waals surface area contributed by atoms with Gasteiger partial charge < -0.3 is 5.32 Å². The van der Waals surface area contributed by atoms with E-state index < -0.39 is 0 Å². The third kappa shape index (κ3) is 3.34. The number of nitrogens with one attached hydrogen (secondary N) is 1. The van der Waals surface area contributed by atoms with Crippen LogP contribution < -0.4 is 5.32 Å². The second-order valence-corrected chi connectivity index (χ2v) is 7.24. The van der Waals surface area contributed by atoms with E-state index in [9.17, 15) is 4.79 Å². The van der Waals surface area contributed by atoms with Gasteiger partial charge in [0.15, 0.2) is 5.65 Å². The van der Waals surface area contributed by atoms with Crippen LogP contribution in [-0.4, -0.2) is 26.5 Å². The van der Waals surface area contributed by atoms with Crippen LogP contribution >= 0.6 is 0 Å². The number of fused-ring (bicyclic) bond motifs is 1. The molecule has 1 saturated carbocycles. The summed E-state index contributed by atoms with van der Waals surface area (Å²) in [6, 6.07) is 12.5. The van der Waals surface area contributed by atoms with Gasteiger partial charge in [0.05, 0.1) is 23.5 Å². The molecular formula is C21H24N4O. The number of hydrogen-bond donors (Lipinski definition) is 1. The summed E-state index contributed by atoms with van der Waals surface area (Å²) in [6.45, 7) is 4.02. The summed E-state index contributed by atoms with van der Waals surface area (Å²) in [5, 5.41) is 7.77. The lowest BCUT2D eigenvalue weighted by molar-refractivity contribution is -0.121. The van der Waals surface area contributed by atoms with Gasteiger partial charge in [-0.3, -0.25) is 4.79 Å². The molecule has 1 aliphatic carbocycles. The van der Waals surface area contributed by atoms with Gasteiger partial charge in [0.25, 0.3) is 0 Å². The van der Waals surface area contributed by atoms with Crippen LogP contribution in [0.5, 0.6) is 0 Å². The first-order valence-electron chi connectivity index (χ1n) is 9.32. The zero-order valence-corrected chi connectivity index (χ0v) is 15.3. The average Bonchev–Trinajstić information content (AvgIpc) is 3.24. The first kappa shape index (κ1) is 16.8. The molecule has 1 N–H and O–H groups in total. The molecule has 1 aliphatic rings. The van der Waals surface area contributed by atoms with Crippen LogP contribution in [0.2, 0.25) is 0 Å². The molecule has 0 unspecified atom stereocenters. The summed E-state index contributed by atoms with van der Waals surface area (Å²) in [5.74, 6) is 0.0513. The number of carbonyl (C=O) groups is 1. The molecule has 26 heavy (non-hydrogen) atoms. The van der Waals surface area contributed by atoms with E-state index >= 15 is 0 Å². The molecule has 0 spiro atoms. The Morgan fingerprint density at radius 3 is 2.58 bits per heavy atom. The number of nitrogens with zero attached hydrogens (tertiary/aromatic N) is 3. The van der Waals surface area contributed by atoms with Crippen molar-refractivity contribution in [2.45, 2.75) is 52.0 Å². The largest absolute Gasteiger partial charge is 0.353 e. The minimum Gasteiger partial charge on any atom is -0.353 e. The smallest absolute Gasteiger partial charge is 0.226 e. The molecule has 1 aromatic carbocycles. The Morgan fingerprint density at radius 1 is 1.12 bits per heavy atom. The number of hydrogen-bond acceptors (Lipinski definition) is 3. The summed E-state index contributed by atoms with van der Waals surface area (Å²) in [7, 11) is 0. The van der Waals surface area contributed by atoms with Crippen molar-refractivity contribution in [1.82, 2.24) is 19.9 Å². The van der Waals surface area contributed by atoms with Gasteiger partial charge in [0, 0.05) is 11.6 Å². The Hall–Kier alpha value is -2.69. The van der Waals surface area contributed by atoms with Crippen LogP contribution in [0, 0.1) is 13.8 Å². The van der Waals surface area contributed by atoms with Crippen molar-refractivity contribution in [2.75, 3.05) is 0 Å². The fourth-order valence-electron chi connectivity index (χ4n) is 3.67.